The van der Waals surface area contributed by atoms with Crippen LogP contribution in [0.2, 0.25) is 0 Å². The number of nitrogens with two attached hydrogens (primary N) is 1. The minimum Gasteiger partial charge on any atom is -0.324 e. The summed E-state index contributed by atoms with van der Waals surface area (Å²) < 4.78 is 4.20. The van der Waals surface area contributed by atoms with Crippen LogP contribution in [-0.4, -0.2) is 14.3 Å². The van der Waals surface area contributed by atoms with E-state index in [-0.39, 0.29) is 11.5 Å². The molecule has 2 heterocycles. The van der Waals surface area contributed by atoms with Crippen LogP contribution < -0.4 is 5.73 Å². The number of aryl methyl sites for hydroxylation is 1. The number of aromatic nitrogens is 3. The maximum atomic E-state index is 6.31. The van der Waals surface area contributed by atoms with Crippen molar-refractivity contribution in [1.29, 1.82) is 0 Å². The molecule has 1 aliphatic carbocycles. The van der Waals surface area contributed by atoms with E-state index >= 15 is 0 Å². The van der Waals surface area contributed by atoms with Crippen molar-refractivity contribution in [1.82, 2.24) is 14.3 Å². The molecule has 0 aromatic carbocycles. The molecule has 3 rings (SSSR count). The molecule has 2 aromatic heterocycles. The molecule has 0 spiro atoms. The molecule has 19 heavy (non-hydrogen) atoms. The molecule has 0 amide bonds. The average molecular weight is 258 g/mol. The molecule has 1 unspecified atom stereocenters. The Bertz CT molecular complexity index is 591. The van der Waals surface area contributed by atoms with E-state index in [0.717, 1.165) is 25.1 Å². The molecule has 4 heteroatoms. The van der Waals surface area contributed by atoms with Crippen molar-refractivity contribution in [3.05, 3.63) is 35.9 Å². The minimum absolute atomic E-state index is 0.154. The molecule has 2 aromatic rings. The lowest BCUT2D eigenvalue weighted by atomic mass is 9.74. The van der Waals surface area contributed by atoms with Crippen molar-refractivity contribution in [2.24, 2.45) is 11.1 Å². The van der Waals surface area contributed by atoms with E-state index in [1.54, 1.807) is 0 Å². The van der Waals surface area contributed by atoms with Gasteiger partial charge in [0.1, 0.15) is 0 Å². The van der Waals surface area contributed by atoms with Crippen LogP contribution >= 0.6 is 0 Å². The summed E-state index contributed by atoms with van der Waals surface area (Å²) in [5, 5.41) is 4.36. The third-order valence-electron chi connectivity index (χ3n) is 4.07. The van der Waals surface area contributed by atoms with E-state index in [9.17, 15) is 0 Å². The van der Waals surface area contributed by atoms with Crippen molar-refractivity contribution in [2.45, 2.75) is 46.2 Å². The second-order valence-electron chi connectivity index (χ2n) is 6.29. The van der Waals surface area contributed by atoms with Crippen LogP contribution in [-0.2, 0) is 13.0 Å². The van der Waals surface area contributed by atoms with E-state index in [2.05, 4.69) is 48.9 Å². The lowest BCUT2D eigenvalue weighted by molar-refractivity contribution is 0.278. The summed E-state index contributed by atoms with van der Waals surface area (Å²) in [5.74, 6) is 0. The number of hydrogen-bond donors (Lipinski definition) is 1. The summed E-state index contributed by atoms with van der Waals surface area (Å²) in [6.45, 7) is 7.58. The fourth-order valence-electron chi connectivity index (χ4n) is 3.13. The van der Waals surface area contributed by atoms with Gasteiger partial charge in [-0.1, -0.05) is 13.8 Å². The van der Waals surface area contributed by atoms with E-state index in [1.807, 2.05) is 10.9 Å². The maximum Gasteiger partial charge on any atom is 0.0835 e. The first kappa shape index (κ1) is 12.5. The fourth-order valence-corrected chi connectivity index (χ4v) is 3.13. The maximum absolute atomic E-state index is 6.31. The normalized spacial score (nSPS) is 21.4. The van der Waals surface area contributed by atoms with Crippen LogP contribution in [0.4, 0.5) is 0 Å². The monoisotopic (exact) mass is 258 g/mol. The predicted molar refractivity (Wildman–Crippen MR) is 76.3 cm³/mol. The predicted octanol–water partition coefficient (Wildman–Crippen LogP) is 2.67. The molecule has 1 atom stereocenters. The van der Waals surface area contributed by atoms with Crippen LogP contribution in [0.25, 0.3) is 5.69 Å². The summed E-state index contributed by atoms with van der Waals surface area (Å²) in [6.07, 6.45) is 8.27. The zero-order valence-electron chi connectivity index (χ0n) is 11.9. The number of hydrogen-bond acceptors (Lipinski definition) is 2. The van der Waals surface area contributed by atoms with Gasteiger partial charge < -0.3 is 10.3 Å². The lowest BCUT2D eigenvalue weighted by Crippen LogP contribution is -2.30. The van der Waals surface area contributed by atoms with Crippen molar-refractivity contribution >= 4 is 0 Å². The molecular weight excluding hydrogens is 236 g/mol. The molecule has 0 saturated carbocycles. The van der Waals surface area contributed by atoms with Gasteiger partial charge >= 0.3 is 0 Å². The summed E-state index contributed by atoms with van der Waals surface area (Å²) in [4.78, 5) is 0. The van der Waals surface area contributed by atoms with Gasteiger partial charge in [-0.15, -0.1) is 0 Å². The van der Waals surface area contributed by atoms with Crippen LogP contribution in [0, 0.1) is 5.41 Å². The minimum atomic E-state index is 0.154. The number of fused-ring (bicyclic) bond motifs is 1. The second-order valence-corrected chi connectivity index (χ2v) is 6.29. The van der Waals surface area contributed by atoms with Gasteiger partial charge in [-0.25, -0.2) is 0 Å². The van der Waals surface area contributed by atoms with Gasteiger partial charge in [-0.2, -0.15) is 5.10 Å². The largest absolute Gasteiger partial charge is 0.324 e. The van der Waals surface area contributed by atoms with Crippen LogP contribution in [0.15, 0.2) is 24.7 Å². The van der Waals surface area contributed by atoms with Gasteiger partial charge in [0, 0.05) is 30.7 Å². The van der Waals surface area contributed by atoms with Crippen LogP contribution in [0.1, 0.15) is 44.5 Å². The Balaban J connectivity index is 2.05. The molecule has 1 aliphatic rings. The SMILES string of the molecule is CCn1cc(-n2ccc3c2CC(C)(C)CC3N)cn1. The molecule has 0 fully saturated rings. The smallest absolute Gasteiger partial charge is 0.0835 e. The molecule has 0 aliphatic heterocycles. The van der Waals surface area contributed by atoms with Gasteiger partial charge in [0.05, 0.1) is 11.9 Å². The standard InChI is InChI=1S/C15H22N4/c1-4-18-10-11(9-17-18)19-6-5-12-13(16)7-15(2,3)8-14(12)19/h5-6,9-10,13H,4,7-8,16H2,1-3H3. The van der Waals surface area contributed by atoms with Crippen molar-refractivity contribution in [3.8, 4) is 5.69 Å². The zero-order valence-corrected chi connectivity index (χ0v) is 11.9. The third-order valence-corrected chi connectivity index (χ3v) is 4.07. The summed E-state index contributed by atoms with van der Waals surface area (Å²) in [6, 6.07) is 2.32. The van der Waals surface area contributed by atoms with Gasteiger partial charge in [0.15, 0.2) is 0 Å². The van der Waals surface area contributed by atoms with Gasteiger partial charge in [-0.3, -0.25) is 4.68 Å². The molecule has 2 N–H and O–H groups in total. The Morgan fingerprint density at radius 1 is 1.47 bits per heavy atom. The Morgan fingerprint density at radius 3 is 2.95 bits per heavy atom. The first-order valence-corrected chi connectivity index (χ1v) is 6.99. The van der Waals surface area contributed by atoms with Crippen molar-refractivity contribution in [2.75, 3.05) is 0 Å². The average Bonchev–Trinajstić information content (AvgIpc) is 2.92. The lowest BCUT2D eigenvalue weighted by Gasteiger charge is -2.34. The van der Waals surface area contributed by atoms with E-state index < -0.39 is 0 Å². The molecule has 102 valence electrons. The Morgan fingerprint density at radius 2 is 2.26 bits per heavy atom. The van der Waals surface area contributed by atoms with Crippen LogP contribution in [0.5, 0.6) is 0 Å². The molecule has 0 bridgehead atoms. The Kier molecular flexibility index (Phi) is 2.78. The number of rotatable bonds is 2. The highest BCUT2D eigenvalue weighted by Gasteiger charge is 2.32. The van der Waals surface area contributed by atoms with Crippen molar-refractivity contribution < 1.29 is 0 Å². The molecule has 4 nitrogen and oxygen atoms in total. The Hall–Kier alpha value is -1.55. The topological polar surface area (TPSA) is 48.8 Å². The second kappa shape index (κ2) is 4.23. The molecule has 0 radical (unpaired) electrons. The van der Waals surface area contributed by atoms with Gasteiger partial charge in [0.25, 0.3) is 0 Å². The summed E-state index contributed by atoms with van der Waals surface area (Å²) in [7, 11) is 0. The highest BCUT2D eigenvalue weighted by Crippen LogP contribution is 2.40. The molecular formula is C15H22N4. The first-order chi connectivity index (χ1) is 9.00. The summed E-state index contributed by atoms with van der Waals surface area (Å²) >= 11 is 0. The quantitative estimate of drug-likeness (QED) is 0.900. The summed E-state index contributed by atoms with van der Waals surface area (Å²) in [5.41, 5.74) is 10.4. The van der Waals surface area contributed by atoms with Crippen molar-refractivity contribution in [3.63, 3.8) is 0 Å². The van der Waals surface area contributed by atoms with Gasteiger partial charge in [-0.05, 0) is 36.8 Å². The van der Waals surface area contributed by atoms with E-state index in [1.165, 1.54) is 11.3 Å². The van der Waals surface area contributed by atoms with E-state index in [4.69, 9.17) is 5.73 Å². The number of nitrogens with zero attached hydrogens (tertiary/aromatic N) is 3. The fraction of sp³-hybridized carbons (Fsp3) is 0.533. The highest BCUT2D eigenvalue weighted by molar-refractivity contribution is 5.38. The highest BCUT2D eigenvalue weighted by atomic mass is 15.3. The zero-order chi connectivity index (χ0) is 13.6. The Labute approximate surface area is 114 Å². The van der Waals surface area contributed by atoms with Gasteiger partial charge in [0.2, 0.25) is 0 Å². The van der Waals surface area contributed by atoms with E-state index in [0.29, 0.717) is 0 Å². The first-order valence-electron chi connectivity index (χ1n) is 6.99. The molecule has 0 saturated heterocycles. The van der Waals surface area contributed by atoms with Crippen LogP contribution in [0.3, 0.4) is 0 Å². The third kappa shape index (κ3) is 2.10.